The molecule has 4 heterocycles. The molecule has 0 atom stereocenters. The van der Waals surface area contributed by atoms with Crippen LogP contribution in [0.15, 0.2) is 61.1 Å². The average Bonchev–Trinajstić information content (AvgIpc) is 3.18. The molecule has 0 fully saturated rings. The minimum absolute atomic E-state index is 0.116. The van der Waals surface area contributed by atoms with E-state index in [4.69, 9.17) is 4.74 Å². The number of rotatable bonds is 6. The number of aliphatic hydroxyl groups is 1. The van der Waals surface area contributed by atoms with E-state index in [1.807, 2.05) is 0 Å². The Morgan fingerprint density at radius 3 is 2.41 bits per heavy atom. The summed E-state index contributed by atoms with van der Waals surface area (Å²) in [6.45, 7) is 3.22. The van der Waals surface area contributed by atoms with Crippen LogP contribution in [0, 0.1) is 5.82 Å². The van der Waals surface area contributed by atoms with Gasteiger partial charge in [0.2, 0.25) is 5.88 Å². The summed E-state index contributed by atoms with van der Waals surface area (Å²) in [5, 5.41) is 16.4. The number of alkyl halides is 3. The van der Waals surface area contributed by atoms with Gasteiger partial charge in [-0.2, -0.15) is 23.0 Å². The Morgan fingerprint density at radius 1 is 0.971 bits per heavy atom. The van der Waals surface area contributed by atoms with Crippen LogP contribution >= 0.6 is 0 Å². The Labute approximate surface area is 190 Å². The predicted octanol–water partition coefficient (Wildman–Crippen LogP) is 4.98. The molecule has 4 rings (SSSR count). The molecule has 34 heavy (non-hydrogen) atoms. The Hall–Kier alpha value is -4.06. The first-order valence-electron chi connectivity index (χ1n) is 9.89. The Balaban J connectivity index is 1.62. The van der Waals surface area contributed by atoms with Crippen LogP contribution in [0.3, 0.4) is 0 Å². The highest BCUT2D eigenvalue weighted by Gasteiger charge is 2.36. The maximum Gasteiger partial charge on any atom is 0.435 e. The minimum atomic E-state index is -4.78. The lowest BCUT2D eigenvalue weighted by Gasteiger charge is -2.16. The highest BCUT2D eigenvalue weighted by Crippen LogP contribution is 2.34. The number of hydrogen-bond acceptors (Lipinski definition) is 7. The lowest BCUT2D eigenvalue weighted by molar-refractivity contribution is -0.141. The Kier molecular flexibility index (Phi) is 5.92. The smallest absolute Gasteiger partial charge is 0.435 e. The fourth-order valence-electron chi connectivity index (χ4n) is 2.90. The molecule has 4 aromatic heterocycles. The highest BCUT2D eigenvalue weighted by molar-refractivity contribution is 5.56. The van der Waals surface area contributed by atoms with Crippen LogP contribution in [-0.4, -0.2) is 29.8 Å². The largest absolute Gasteiger partial charge is 0.439 e. The van der Waals surface area contributed by atoms with Crippen molar-refractivity contribution < 1.29 is 27.4 Å². The van der Waals surface area contributed by atoms with Crippen LogP contribution in [0.5, 0.6) is 11.6 Å². The zero-order valence-electron chi connectivity index (χ0n) is 17.9. The van der Waals surface area contributed by atoms with Crippen LogP contribution in [-0.2, 0) is 11.8 Å². The summed E-state index contributed by atoms with van der Waals surface area (Å²) in [6.07, 6.45) is -0.676. The van der Waals surface area contributed by atoms with Gasteiger partial charge in [-0.05, 0) is 44.2 Å². The molecular formula is C22H18F4N6O2. The maximum atomic E-state index is 14.2. The summed E-state index contributed by atoms with van der Waals surface area (Å²) >= 11 is 0. The van der Waals surface area contributed by atoms with Crippen molar-refractivity contribution in [2.24, 2.45) is 0 Å². The van der Waals surface area contributed by atoms with Crippen molar-refractivity contribution >= 4 is 11.5 Å². The third kappa shape index (κ3) is 5.12. The van der Waals surface area contributed by atoms with Crippen molar-refractivity contribution in [3.8, 4) is 17.4 Å². The van der Waals surface area contributed by atoms with Crippen molar-refractivity contribution in [1.82, 2.24) is 24.7 Å². The van der Waals surface area contributed by atoms with E-state index >= 15 is 0 Å². The molecular weight excluding hydrogens is 456 g/mol. The molecule has 0 spiro atoms. The molecule has 0 radical (unpaired) electrons. The summed E-state index contributed by atoms with van der Waals surface area (Å²) in [4.78, 5) is 12.1. The van der Waals surface area contributed by atoms with Crippen LogP contribution in [0.1, 0.15) is 25.2 Å². The number of nitrogens with zero attached hydrogens (tertiary/aromatic N) is 5. The van der Waals surface area contributed by atoms with E-state index in [9.17, 15) is 22.7 Å². The molecule has 0 aliphatic heterocycles. The first-order valence-corrected chi connectivity index (χ1v) is 9.89. The molecule has 0 saturated heterocycles. The van der Waals surface area contributed by atoms with Gasteiger partial charge in [0.25, 0.3) is 0 Å². The Bertz CT molecular complexity index is 1300. The fraction of sp³-hybridized carbons (Fsp3) is 0.182. The van der Waals surface area contributed by atoms with E-state index < -0.39 is 35.0 Å². The molecule has 2 N–H and O–H groups in total. The molecule has 0 saturated carbocycles. The standard InChI is InChI=1S/C22H18F4N6O2/c1-21(2,33)16-6-5-13(12-29-16)30-18-10-14(7-9-27-18)34-19-11-17(22(24,25)26)31-32(19)20-15(23)4-3-8-28-20/h3-12,33H,1-2H3,(H,27,30). The third-order valence-corrected chi connectivity index (χ3v) is 4.52. The second-order valence-corrected chi connectivity index (χ2v) is 7.68. The number of halogens is 4. The lowest BCUT2D eigenvalue weighted by atomic mass is 10.1. The summed E-state index contributed by atoms with van der Waals surface area (Å²) in [5.74, 6) is -1.29. The van der Waals surface area contributed by atoms with E-state index in [-0.39, 0.29) is 5.75 Å². The van der Waals surface area contributed by atoms with Crippen LogP contribution in [0.4, 0.5) is 29.1 Å². The first kappa shape index (κ1) is 23.1. The zero-order valence-corrected chi connectivity index (χ0v) is 17.9. The molecule has 4 aromatic rings. The van der Waals surface area contributed by atoms with E-state index in [1.54, 1.807) is 26.0 Å². The normalized spacial score (nSPS) is 12.0. The Morgan fingerprint density at radius 2 is 1.76 bits per heavy atom. The topological polar surface area (TPSA) is 98.0 Å². The summed E-state index contributed by atoms with van der Waals surface area (Å²) in [6, 6.07) is 9.18. The van der Waals surface area contributed by atoms with Gasteiger partial charge in [0.1, 0.15) is 17.2 Å². The van der Waals surface area contributed by atoms with E-state index in [1.165, 1.54) is 36.8 Å². The lowest BCUT2D eigenvalue weighted by Crippen LogP contribution is -2.17. The van der Waals surface area contributed by atoms with Crippen LogP contribution in [0.25, 0.3) is 5.82 Å². The predicted molar refractivity (Wildman–Crippen MR) is 113 cm³/mol. The number of hydrogen-bond donors (Lipinski definition) is 2. The molecule has 176 valence electrons. The van der Waals surface area contributed by atoms with Gasteiger partial charge in [0.05, 0.1) is 17.6 Å². The first-order chi connectivity index (χ1) is 16.0. The number of anilines is 2. The number of ether oxygens (including phenoxy) is 1. The van der Waals surface area contributed by atoms with Crippen molar-refractivity contribution in [3.63, 3.8) is 0 Å². The SMILES string of the molecule is CC(C)(O)c1ccc(Nc2cc(Oc3cc(C(F)(F)F)nn3-c3ncccc3F)ccn2)cn1. The van der Waals surface area contributed by atoms with Crippen molar-refractivity contribution in [1.29, 1.82) is 0 Å². The van der Waals surface area contributed by atoms with Gasteiger partial charge >= 0.3 is 6.18 Å². The van der Waals surface area contributed by atoms with Gasteiger partial charge in [0.15, 0.2) is 17.3 Å². The minimum Gasteiger partial charge on any atom is -0.439 e. The van der Waals surface area contributed by atoms with Gasteiger partial charge in [-0.3, -0.25) is 4.98 Å². The van der Waals surface area contributed by atoms with Gasteiger partial charge < -0.3 is 15.2 Å². The van der Waals surface area contributed by atoms with E-state index in [2.05, 4.69) is 25.4 Å². The average molecular weight is 474 g/mol. The monoisotopic (exact) mass is 474 g/mol. The molecule has 8 nitrogen and oxygen atoms in total. The number of nitrogens with one attached hydrogen (secondary N) is 1. The highest BCUT2D eigenvalue weighted by atomic mass is 19.4. The third-order valence-electron chi connectivity index (χ3n) is 4.52. The molecule has 12 heteroatoms. The van der Waals surface area contributed by atoms with E-state index in [0.717, 1.165) is 6.07 Å². The molecule has 0 aliphatic rings. The van der Waals surface area contributed by atoms with E-state index in [0.29, 0.717) is 27.9 Å². The number of aromatic nitrogens is 5. The van der Waals surface area contributed by atoms with Crippen molar-refractivity contribution in [2.45, 2.75) is 25.6 Å². The van der Waals surface area contributed by atoms with Crippen molar-refractivity contribution in [3.05, 3.63) is 78.3 Å². The quantitative estimate of drug-likeness (QED) is 0.381. The van der Waals surface area contributed by atoms with Gasteiger partial charge in [-0.25, -0.2) is 14.4 Å². The van der Waals surface area contributed by atoms with Crippen LogP contribution < -0.4 is 10.1 Å². The second-order valence-electron chi connectivity index (χ2n) is 7.68. The molecule has 0 unspecified atom stereocenters. The number of pyridine rings is 3. The summed E-state index contributed by atoms with van der Waals surface area (Å²) in [7, 11) is 0. The molecule has 0 amide bonds. The van der Waals surface area contributed by atoms with Gasteiger partial charge in [0, 0.05) is 24.5 Å². The molecule has 0 bridgehead atoms. The van der Waals surface area contributed by atoms with Crippen LogP contribution in [0.2, 0.25) is 0 Å². The van der Waals surface area contributed by atoms with Gasteiger partial charge in [-0.1, -0.05) is 0 Å². The second kappa shape index (κ2) is 8.71. The summed E-state index contributed by atoms with van der Waals surface area (Å²) < 4.78 is 60.2. The van der Waals surface area contributed by atoms with Crippen molar-refractivity contribution in [2.75, 3.05) is 5.32 Å². The summed E-state index contributed by atoms with van der Waals surface area (Å²) in [5.41, 5.74) is -1.34. The zero-order chi connectivity index (χ0) is 24.5. The molecule has 0 aromatic carbocycles. The fourth-order valence-corrected chi connectivity index (χ4v) is 2.90. The molecule has 0 aliphatic carbocycles. The maximum absolute atomic E-state index is 14.2. The van der Waals surface area contributed by atoms with Gasteiger partial charge in [-0.15, -0.1) is 0 Å².